The first-order valence-electron chi connectivity index (χ1n) is 5.52. The summed E-state index contributed by atoms with van der Waals surface area (Å²) in [5.41, 5.74) is 3.15. The SMILES string of the molecule is Cc1ccc(C(C=O)c2ccccc2S)cc1. The normalized spacial score (nSPS) is 12.1. The molecule has 0 aromatic heterocycles. The quantitative estimate of drug-likeness (QED) is 0.642. The lowest BCUT2D eigenvalue weighted by Crippen LogP contribution is -2.03. The molecule has 2 rings (SSSR count). The van der Waals surface area contributed by atoms with Gasteiger partial charge >= 0.3 is 0 Å². The molecule has 0 saturated carbocycles. The molecule has 1 nitrogen and oxygen atoms in total. The molecule has 0 spiro atoms. The van der Waals surface area contributed by atoms with E-state index in [4.69, 9.17) is 0 Å². The average molecular weight is 242 g/mol. The molecule has 0 heterocycles. The number of aryl methyl sites for hydroxylation is 1. The predicted molar refractivity (Wildman–Crippen MR) is 72.8 cm³/mol. The topological polar surface area (TPSA) is 17.1 Å². The third kappa shape index (κ3) is 2.59. The third-order valence-corrected chi connectivity index (χ3v) is 3.25. The van der Waals surface area contributed by atoms with Crippen LogP contribution in [0.5, 0.6) is 0 Å². The van der Waals surface area contributed by atoms with E-state index in [9.17, 15) is 4.79 Å². The van der Waals surface area contributed by atoms with E-state index in [2.05, 4.69) is 12.6 Å². The lowest BCUT2D eigenvalue weighted by molar-refractivity contribution is -0.108. The van der Waals surface area contributed by atoms with E-state index in [1.165, 1.54) is 5.56 Å². The van der Waals surface area contributed by atoms with Crippen LogP contribution in [0.25, 0.3) is 0 Å². The molecule has 17 heavy (non-hydrogen) atoms. The number of hydrogen-bond acceptors (Lipinski definition) is 2. The summed E-state index contributed by atoms with van der Waals surface area (Å²) in [5.74, 6) is -0.232. The molecule has 0 aliphatic rings. The van der Waals surface area contributed by atoms with Gasteiger partial charge < -0.3 is 4.79 Å². The van der Waals surface area contributed by atoms with Gasteiger partial charge in [-0.2, -0.15) is 0 Å². The van der Waals surface area contributed by atoms with Crippen LogP contribution in [0.2, 0.25) is 0 Å². The molecule has 86 valence electrons. The van der Waals surface area contributed by atoms with Gasteiger partial charge in [0.25, 0.3) is 0 Å². The van der Waals surface area contributed by atoms with Crippen molar-refractivity contribution in [3.8, 4) is 0 Å². The fourth-order valence-electron chi connectivity index (χ4n) is 1.86. The number of benzene rings is 2. The summed E-state index contributed by atoms with van der Waals surface area (Å²) in [6.45, 7) is 2.03. The molecule has 0 N–H and O–H groups in total. The van der Waals surface area contributed by atoms with Gasteiger partial charge in [0.05, 0.1) is 5.92 Å². The first-order valence-corrected chi connectivity index (χ1v) is 5.97. The molecule has 0 saturated heterocycles. The Morgan fingerprint density at radius 3 is 2.29 bits per heavy atom. The van der Waals surface area contributed by atoms with Crippen molar-refractivity contribution in [1.29, 1.82) is 0 Å². The van der Waals surface area contributed by atoms with E-state index in [0.29, 0.717) is 0 Å². The zero-order valence-corrected chi connectivity index (χ0v) is 10.5. The minimum absolute atomic E-state index is 0.232. The summed E-state index contributed by atoms with van der Waals surface area (Å²) in [7, 11) is 0. The number of carbonyl (C=O) groups is 1. The van der Waals surface area contributed by atoms with Gasteiger partial charge in [0.2, 0.25) is 0 Å². The maximum Gasteiger partial charge on any atom is 0.131 e. The molecule has 1 atom stereocenters. The Bertz CT molecular complexity index is 517. The molecular formula is C15H14OS. The Kier molecular flexibility index (Phi) is 3.64. The van der Waals surface area contributed by atoms with Gasteiger partial charge in [-0.15, -0.1) is 12.6 Å². The Labute approximate surface area is 107 Å². The Hall–Kier alpha value is -1.54. The Balaban J connectivity index is 2.44. The van der Waals surface area contributed by atoms with Crippen LogP contribution in [-0.4, -0.2) is 6.29 Å². The molecule has 0 fully saturated rings. The summed E-state index contributed by atoms with van der Waals surface area (Å²) in [5, 5.41) is 0. The van der Waals surface area contributed by atoms with Crippen LogP contribution in [0, 0.1) is 6.92 Å². The van der Waals surface area contributed by atoms with Crippen LogP contribution >= 0.6 is 12.6 Å². The van der Waals surface area contributed by atoms with Crippen LogP contribution in [0.4, 0.5) is 0 Å². The molecular weight excluding hydrogens is 228 g/mol. The van der Waals surface area contributed by atoms with Gasteiger partial charge in [-0.05, 0) is 24.1 Å². The van der Waals surface area contributed by atoms with E-state index in [1.807, 2.05) is 55.5 Å². The largest absolute Gasteiger partial charge is 0.302 e. The first-order chi connectivity index (χ1) is 8.22. The highest BCUT2D eigenvalue weighted by molar-refractivity contribution is 7.80. The number of carbonyl (C=O) groups excluding carboxylic acids is 1. The molecule has 0 amide bonds. The lowest BCUT2D eigenvalue weighted by atomic mass is 9.92. The van der Waals surface area contributed by atoms with Crippen LogP contribution < -0.4 is 0 Å². The smallest absolute Gasteiger partial charge is 0.131 e. The van der Waals surface area contributed by atoms with Crippen LogP contribution in [0.15, 0.2) is 53.4 Å². The summed E-state index contributed by atoms with van der Waals surface area (Å²) >= 11 is 4.40. The van der Waals surface area contributed by atoms with E-state index in [0.717, 1.165) is 22.3 Å². The van der Waals surface area contributed by atoms with Gasteiger partial charge in [0.15, 0.2) is 0 Å². The highest BCUT2D eigenvalue weighted by atomic mass is 32.1. The fourth-order valence-corrected chi connectivity index (χ4v) is 2.16. The standard InChI is InChI=1S/C15H14OS/c1-11-6-8-12(9-7-11)14(10-16)13-4-2-3-5-15(13)17/h2-10,14,17H,1H3. The van der Waals surface area contributed by atoms with Crippen molar-refractivity contribution in [1.82, 2.24) is 0 Å². The van der Waals surface area contributed by atoms with Crippen molar-refractivity contribution in [3.05, 3.63) is 65.2 Å². The van der Waals surface area contributed by atoms with Crippen molar-refractivity contribution in [3.63, 3.8) is 0 Å². The van der Waals surface area contributed by atoms with E-state index in [-0.39, 0.29) is 5.92 Å². The molecule has 2 aromatic carbocycles. The Morgan fingerprint density at radius 1 is 1.06 bits per heavy atom. The van der Waals surface area contributed by atoms with Gasteiger partial charge in [0, 0.05) is 4.90 Å². The maximum absolute atomic E-state index is 11.3. The Morgan fingerprint density at radius 2 is 1.71 bits per heavy atom. The summed E-state index contributed by atoms with van der Waals surface area (Å²) in [4.78, 5) is 12.2. The van der Waals surface area contributed by atoms with E-state index in [1.54, 1.807) is 0 Å². The van der Waals surface area contributed by atoms with Crippen LogP contribution in [0.3, 0.4) is 0 Å². The summed E-state index contributed by atoms with van der Waals surface area (Å²) in [6.07, 6.45) is 0.972. The minimum atomic E-state index is -0.232. The van der Waals surface area contributed by atoms with Crippen molar-refractivity contribution < 1.29 is 4.79 Å². The second-order valence-corrected chi connectivity index (χ2v) is 4.57. The predicted octanol–water partition coefficient (Wildman–Crippen LogP) is 3.61. The van der Waals surface area contributed by atoms with Gasteiger partial charge in [-0.25, -0.2) is 0 Å². The highest BCUT2D eigenvalue weighted by Crippen LogP contribution is 2.27. The number of hydrogen-bond donors (Lipinski definition) is 1. The highest BCUT2D eigenvalue weighted by Gasteiger charge is 2.14. The zero-order chi connectivity index (χ0) is 12.3. The number of rotatable bonds is 3. The molecule has 0 radical (unpaired) electrons. The molecule has 0 bridgehead atoms. The second kappa shape index (κ2) is 5.19. The number of aldehydes is 1. The lowest BCUT2D eigenvalue weighted by Gasteiger charge is -2.13. The van der Waals surface area contributed by atoms with Crippen LogP contribution in [-0.2, 0) is 4.79 Å². The van der Waals surface area contributed by atoms with Crippen molar-refractivity contribution in [2.24, 2.45) is 0 Å². The van der Waals surface area contributed by atoms with Gasteiger partial charge in [-0.3, -0.25) is 0 Å². The summed E-state index contributed by atoms with van der Waals surface area (Å²) < 4.78 is 0. The molecule has 0 aliphatic carbocycles. The van der Waals surface area contributed by atoms with Gasteiger partial charge in [0.1, 0.15) is 6.29 Å². The number of thiol groups is 1. The summed E-state index contributed by atoms with van der Waals surface area (Å²) in [6, 6.07) is 15.7. The van der Waals surface area contributed by atoms with Crippen molar-refractivity contribution in [2.75, 3.05) is 0 Å². The van der Waals surface area contributed by atoms with Crippen LogP contribution in [0.1, 0.15) is 22.6 Å². The van der Waals surface area contributed by atoms with Crippen molar-refractivity contribution in [2.45, 2.75) is 17.7 Å². The molecule has 1 unspecified atom stereocenters. The third-order valence-electron chi connectivity index (χ3n) is 2.84. The fraction of sp³-hybridized carbons (Fsp3) is 0.133. The van der Waals surface area contributed by atoms with Gasteiger partial charge in [-0.1, -0.05) is 48.0 Å². The maximum atomic E-state index is 11.3. The monoisotopic (exact) mass is 242 g/mol. The molecule has 2 aromatic rings. The van der Waals surface area contributed by atoms with E-state index >= 15 is 0 Å². The van der Waals surface area contributed by atoms with Crippen molar-refractivity contribution >= 4 is 18.9 Å². The second-order valence-electron chi connectivity index (χ2n) is 4.08. The molecule has 0 aliphatic heterocycles. The zero-order valence-electron chi connectivity index (χ0n) is 9.63. The minimum Gasteiger partial charge on any atom is -0.302 e. The van der Waals surface area contributed by atoms with E-state index < -0.39 is 0 Å². The molecule has 2 heteroatoms. The first kappa shape index (κ1) is 11.9. The average Bonchev–Trinajstić information content (AvgIpc) is 2.35.